The lowest BCUT2D eigenvalue weighted by molar-refractivity contribution is 0.294. The molecule has 2 heterocycles. The Hall–Kier alpha value is -3.93. The van der Waals surface area contributed by atoms with E-state index in [1.54, 1.807) is 23.0 Å². The SMILES string of the molecule is Cc1cc(OCc2ncccn2)cc(=O)n1[C@H](C)c1ccc(OCCc2ccccc2)cc1. The van der Waals surface area contributed by atoms with Crippen molar-refractivity contribution in [3.63, 3.8) is 0 Å². The summed E-state index contributed by atoms with van der Waals surface area (Å²) in [6.07, 6.45) is 4.19. The minimum atomic E-state index is -0.123. The van der Waals surface area contributed by atoms with Gasteiger partial charge in [0, 0.05) is 30.6 Å². The lowest BCUT2D eigenvalue weighted by Crippen LogP contribution is -2.25. The fraction of sp³-hybridized carbons (Fsp3) is 0.222. The second-order valence-corrected chi connectivity index (χ2v) is 7.82. The number of pyridine rings is 1. The zero-order valence-corrected chi connectivity index (χ0v) is 18.8. The minimum Gasteiger partial charge on any atom is -0.493 e. The molecule has 33 heavy (non-hydrogen) atoms. The number of hydrogen-bond donors (Lipinski definition) is 0. The molecule has 0 amide bonds. The second-order valence-electron chi connectivity index (χ2n) is 7.82. The molecule has 0 radical (unpaired) electrons. The van der Waals surface area contributed by atoms with Gasteiger partial charge in [0.15, 0.2) is 5.82 Å². The molecular weight excluding hydrogens is 414 g/mol. The van der Waals surface area contributed by atoms with Crippen LogP contribution in [0.3, 0.4) is 0 Å². The van der Waals surface area contributed by atoms with Gasteiger partial charge in [-0.1, -0.05) is 42.5 Å². The molecule has 0 N–H and O–H groups in total. The molecular formula is C27H27N3O3. The van der Waals surface area contributed by atoms with Crippen molar-refractivity contribution in [1.29, 1.82) is 0 Å². The van der Waals surface area contributed by atoms with Gasteiger partial charge in [-0.3, -0.25) is 4.79 Å². The van der Waals surface area contributed by atoms with E-state index in [0.717, 1.165) is 23.4 Å². The molecule has 0 aliphatic carbocycles. The van der Waals surface area contributed by atoms with Crippen molar-refractivity contribution >= 4 is 0 Å². The van der Waals surface area contributed by atoms with Gasteiger partial charge in [-0.25, -0.2) is 9.97 Å². The van der Waals surface area contributed by atoms with Gasteiger partial charge in [0.25, 0.3) is 5.56 Å². The summed E-state index contributed by atoms with van der Waals surface area (Å²) in [6, 6.07) is 23.2. The second kappa shape index (κ2) is 10.6. The summed E-state index contributed by atoms with van der Waals surface area (Å²) in [6.45, 7) is 4.75. The summed E-state index contributed by atoms with van der Waals surface area (Å²) in [5, 5.41) is 0. The maximum Gasteiger partial charge on any atom is 0.254 e. The molecule has 168 valence electrons. The Labute approximate surface area is 193 Å². The topological polar surface area (TPSA) is 66.2 Å². The average molecular weight is 442 g/mol. The largest absolute Gasteiger partial charge is 0.493 e. The summed E-state index contributed by atoms with van der Waals surface area (Å²) in [5.41, 5.74) is 2.99. The number of aromatic nitrogens is 3. The van der Waals surface area contributed by atoms with Crippen LogP contribution in [0.15, 0.2) is 90.0 Å². The molecule has 0 saturated carbocycles. The van der Waals surface area contributed by atoms with Crippen molar-refractivity contribution < 1.29 is 9.47 Å². The van der Waals surface area contributed by atoms with Crippen LogP contribution in [0.1, 0.15) is 35.6 Å². The van der Waals surface area contributed by atoms with Crippen molar-refractivity contribution in [2.45, 2.75) is 32.9 Å². The average Bonchev–Trinajstić information content (AvgIpc) is 2.84. The van der Waals surface area contributed by atoms with Crippen LogP contribution in [0.5, 0.6) is 11.5 Å². The third-order valence-corrected chi connectivity index (χ3v) is 5.47. The van der Waals surface area contributed by atoms with Crippen molar-refractivity contribution in [2.75, 3.05) is 6.61 Å². The smallest absolute Gasteiger partial charge is 0.254 e. The van der Waals surface area contributed by atoms with E-state index in [4.69, 9.17) is 9.47 Å². The summed E-state index contributed by atoms with van der Waals surface area (Å²) in [4.78, 5) is 21.1. The van der Waals surface area contributed by atoms with E-state index in [-0.39, 0.29) is 18.2 Å². The van der Waals surface area contributed by atoms with Crippen molar-refractivity contribution in [3.05, 3.63) is 118 Å². The number of aryl methyl sites for hydroxylation is 1. The monoisotopic (exact) mass is 441 g/mol. The van der Waals surface area contributed by atoms with E-state index < -0.39 is 0 Å². The molecule has 0 saturated heterocycles. The van der Waals surface area contributed by atoms with Crippen LogP contribution in [0.2, 0.25) is 0 Å². The van der Waals surface area contributed by atoms with Crippen LogP contribution < -0.4 is 15.0 Å². The van der Waals surface area contributed by atoms with Crippen LogP contribution in [0.4, 0.5) is 0 Å². The Balaban J connectivity index is 1.39. The molecule has 4 aromatic rings. The first kappa shape index (κ1) is 22.3. The van der Waals surface area contributed by atoms with Crippen LogP contribution in [-0.4, -0.2) is 21.1 Å². The van der Waals surface area contributed by atoms with Gasteiger partial charge in [0.05, 0.1) is 12.6 Å². The Bertz CT molecular complexity index is 1220. The number of benzene rings is 2. The third-order valence-electron chi connectivity index (χ3n) is 5.47. The van der Waals surface area contributed by atoms with Gasteiger partial charge in [-0.05, 0) is 49.2 Å². The molecule has 0 spiro atoms. The van der Waals surface area contributed by atoms with Crippen molar-refractivity contribution in [3.8, 4) is 11.5 Å². The number of ether oxygens (including phenoxy) is 2. The highest BCUT2D eigenvalue weighted by Gasteiger charge is 2.14. The normalized spacial score (nSPS) is 11.7. The van der Waals surface area contributed by atoms with Crippen LogP contribution >= 0.6 is 0 Å². The predicted octanol–water partition coefficient (Wildman–Crippen LogP) is 4.76. The van der Waals surface area contributed by atoms with E-state index in [2.05, 4.69) is 22.1 Å². The minimum absolute atomic E-state index is 0.116. The molecule has 2 aromatic heterocycles. The highest BCUT2D eigenvalue weighted by atomic mass is 16.5. The van der Waals surface area contributed by atoms with Crippen molar-refractivity contribution in [1.82, 2.24) is 14.5 Å². The highest BCUT2D eigenvalue weighted by molar-refractivity contribution is 5.31. The molecule has 0 unspecified atom stereocenters. The quantitative estimate of drug-likeness (QED) is 0.375. The first-order valence-electron chi connectivity index (χ1n) is 11.0. The molecule has 6 nitrogen and oxygen atoms in total. The Morgan fingerprint density at radius 2 is 1.61 bits per heavy atom. The maximum absolute atomic E-state index is 12.9. The summed E-state index contributed by atoms with van der Waals surface area (Å²) in [5.74, 6) is 1.90. The van der Waals surface area contributed by atoms with E-state index in [0.29, 0.717) is 18.2 Å². The molecule has 4 rings (SSSR count). The standard InChI is InChI=1S/C27H27N3O3/c1-20-17-25(33-19-26-28-14-6-15-29-26)18-27(31)30(20)21(2)23-9-11-24(12-10-23)32-16-13-22-7-4-3-5-8-22/h3-12,14-15,17-18,21H,13,16,19H2,1-2H3/t21-/m1/s1. The van der Waals surface area contributed by atoms with E-state index >= 15 is 0 Å². The van der Waals surface area contributed by atoms with Crippen molar-refractivity contribution in [2.24, 2.45) is 0 Å². The van der Waals surface area contributed by atoms with Gasteiger partial charge in [-0.2, -0.15) is 0 Å². The Morgan fingerprint density at radius 3 is 2.30 bits per heavy atom. The van der Waals surface area contributed by atoms with E-state index in [1.807, 2.05) is 62.4 Å². The lowest BCUT2D eigenvalue weighted by Gasteiger charge is -2.20. The lowest BCUT2D eigenvalue weighted by atomic mass is 10.1. The Kier molecular flexibility index (Phi) is 7.15. The van der Waals surface area contributed by atoms with Gasteiger partial charge in [0.2, 0.25) is 0 Å². The summed E-state index contributed by atoms with van der Waals surface area (Å²) < 4.78 is 13.4. The molecule has 6 heteroatoms. The Morgan fingerprint density at radius 1 is 0.879 bits per heavy atom. The summed E-state index contributed by atoms with van der Waals surface area (Å²) >= 11 is 0. The van der Waals surface area contributed by atoms with Gasteiger partial charge < -0.3 is 14.0 Å². The molecule has 0 fully saturated rings. The number of rotatable bonds is 9. The van der Waals surface area contributed by atoms with Gasteiger partial charge in [-0.15, -0.1) is 0 Å². The first-order valence-corrected chi connectivity index (χ1v) is 11.0. The number of nitrogens with zero attached hydrogens (tertiary/aromatic N) is 3. The molecule has 1 atom stereocenters. The van der Waals surface area contributed by atoms with E-state index in [1.165, 1.54) is 11.6 Å². The van der Waals surface area contributed by atoms with E-state index in [9.17, 15) is 4.79 Å². The van der Waals surface area contributed by atoms with Gasteiger partial charge >= 0.3 is 0 Å². The number of hydrogen-bond acceptors (Lipinski definition) is 5. The maximum atomic E-state index is 12.9. The first-order chi connectivity index (χ1) is 16.1. The predicted molar refractivity (Wildman–Crippen MR) is 128 cm³/mol. The van der Waals surface area contributed by atoms with Gasteiger partial charge in [0.1, 0.15) is 18.1 Å². The van der Waals surface area contributed by atoms with Crippen LogP contribution in [-0.2, 0) is 13.0 Å². The molecule has 0 aliphatic rings. The fourth-order valence-electron chi connectivity index (χ4n) is 3.74. The van der Waals surface area contributed by atoms with Crippen LogP contribution in [0.25, 0.3) is 0 Å². The summed E-state index contributed by atoms with van der Waals surface area (Å²) in [7, 11) is 0. The van der Waals surface area contributed by atoms with Crippen LogP contribution in [0, 0.1) is 6.92 Å². The molecule has 2 aromatic carbocycles. The molecule has 0 bridgehead atoms. The zero-order chi connectivity index (χ0) is 23.0. The highest BCUT2D eigenvalue weighted by Crippen LogP contribution is 2.23. The third kappa shape index (κ3) is 5.86. The molecule has 0 aliphatic heterocycles. The zero-order valence-electron chi connectivity index (χ0n) is 18.8. The fourth-order valence-corrected chi connectivity index (χ4v) is 3.74.